The molecule has 1 atom stereocenters. The SMILES string of the molecule is CCCn1c([C@H]2CCN(C(=O)c3ccn(CC)n3)C2)nc2cccnc21. The van der Waals surface area contributed by atoms with Crippen molar-refractivity contribution in [2.24, 2.45) is 0 Å². The Bertz CT molecular complexity index is 927. The van der Waals surface area contributed by atoms with Gasteiger partial charge in [0.25, 0.3) is 5.91 Å². The molecule has 1 amide bonds. The third kappa shape index (κ3) is 2.87. The number of fused-ring (bicyclic) bond motifs is 1. The number of likely N-dealkylation sites (tertiary alicyclic amines) is 1. The second-order valence-corrected chi connectivity index (χ2v) is 6.76. The van der Waals surface area contributed by atoms with Crippen LogP contribution in [0.3, 0.4) is 0 Å². The van der Waals surface area contributed by atoms with Crippen LogP contribution in [0.1, 0.15) is 48.9 Å². The maximum Gasteiger partial charge on any atom is 0.274 e. The molecule has 1 aliphatic rings. The van der Waals surface area contributed by atoms with Crippen molar-refractivity contribution in [3.8, 4) is 0 Å². The summed E-state index contributed by atoms with van der Waals surface area (Å²) >= 11 is 0. The number of amides is 1. The lowest BCUT2D eigenvalue weighted by molar-refractivity contribution is 0.0783. The highest BCUT2D eigenvalue weighted by atomic mass is 16.2. The van der Waals surface area contributed by atoms with Gasteiger partial charge in [-0.2, -0.15) is 5.10 Å². The molecule has 0 aliphatic carbocycles. The van der Waals surface area contributed by atoms with E-state index in [0.29, 0.717) is 12.2 Å². The lowest BCUT2D eigenvalue weighted by atomic mass is 10.1. The number of pyridine rings is 1. The van der Waals surface area contributed by atoms with Crippen LogP contribution in [-0.4, -0.2) is 48.2 Å². The summed E-state index contributed by atoms with van der Waals surface area (Å²) in [5.74, 6) is 1.30. The Morgan fingerprint density at radius 2 is 2.19 bits per heavy atom. The van der Waals surface area contributed by atoms with Crippen LogP contribution < -0.4 is 0 Å². The zero-order valence-electron chi connectivity index (χ0n) is 15.3. The van der Waals surface area contributed by atoms with Crippen molar-refractivity contribution >= 4 is 17.1 Å². The minimum Gasteiger partial charge on any atom is -0.336 e. The maximum atomic E-state index is 12.7. The van der Waals surface area contributed by atoms with Crippen LogP contribution in [0.2, 0.25) is 0 Å². The number of carbonyl (C=O) groups is 1. The van der Waals surface area contributed by atoms with Crippen LogP contribution in [0, 0.1) is 0 Å². The van der Waals surface area contributed by atoms with Gasteiger partial charge in [-0.25, -0.2) is 9.97 Å². The maximum absolute atomic E-state index is 12.7. The highest BCUT2D eigenvalue weighted by Crippen LogP contribution is 2.29. The smallest absolute Gasteiger partial charge is 0.274 e. The van der Waals surface area contributed by atoms with Gasteiger partial charge in [0.1, 0.15) is 17.0 Å². The normalized spacial score (nSPS) is 17.3. The number of aromatic nitrogens is 5. The number of carbonyl (C=O) groups excluding carboxylic acids is 1. The van der Waals surface area contributed by atoms with Crippen molar-refractivity contribution in [3.05, 3.63) is 42.1 Å². The predicted octanol–water partition coefficient (Wildman–Crippen LogP) is 2.69. The fraction of sp³-hybridized carbons (Fsp3) is 0.474. The molecule has 1 saturated heterocycles. The molecule has 0 aromatic carbocycles. The fourth-order valence-corrected chi connectivity index (χ4v) is 3.70. The van der Waals surface area contributed by atoms with E-state index in [1.807, 2.05) is 36.4 Å². The van der Waals surface area contributed by atoms with Crippen molar-refractivity contribution in [2.45, 2.75) is 45.7 Å². The van der Waals surface area contributed by atoms with Crippen molar-refractivity contribution in [1.29, 1.82) is 0 Å². The van der Waals surface area contributed by atoms with Crippen molar-refractivity contribution in [3.63, 3.8) is 0 Å². The van der Waals surface area contributed by atoms with Crippen LogP contribution in [0.25, 0.3) is 11.2 Å². The third-order valence-electron chi connectivity index (χ3n) is 5.00. The lowest BCUT2D eigenvalue weighted by Gasteiger charge is -2.16. The van der Waals surface area contributed by atoms with Gasteiger partial charge in [-0.15, -0.1) is 0 Å². The van der Waals surface area contributed by atoms with Crippen LogP contribution in [0.5, 0.6) is 0 Å². The average molecular weight is 352 g/mol. The average Bonchev–Trinajstić information content (AvgIpc) is 3.40. The van der Waals surface area contributed by atoms with Gasteiger partial charge < -0.3 is 9.47 Å². The number of nitrogens with zero attached hydrogens (tertiary/aromatic N) is 6. The molecule has 0 N–H and O–H groups in total. The van der Waals surface area contributed by atoms with Gasteiger partial charge in [0.05, 0.1) is 0 Å². The van der Waals surface area contributed by atoms with E-state index in [4.69, 9.17) is 4.98 Å². The van der Waals surface area contributed by atoms with Gasteiger partial charge in [0.2, 0.25) is 0 Å². The molecule has 7 nitrogen and oxygen atoms in total. The predicted molar refractivity (Wildman–Crippen MR) is 99.0 cm³/mol. The Hall–Kier alpha value is -2.70. The molecule has 3 aromatic rings. The van der Waals surface area contributed by atoms with E-state index in [2.05, 4.69) is 21.6 Å². The quantitative estimate of drug-likeness (QED) is 0.708. The molecule has 7 heteroatoms. The molecule has 0 spiro atoms. The second-order valence-electron chi connectivity index (χ2n) is 6.76. The fourth-order valence-electron chi connectivity index (χ4n) is 3.70. The molecule has 3 aromatic heterocycles. The Morgan fingerprint density at radius 3 is 2.96 bits per heavy atom. The molecule has 0 unspecified atom stereocenters. The van der Waals surface area contributed by atoms with Gasteiger partial charge in [-0.1, -0.05) is 6.92 Å². The summed E-state index contributed by atoms with van der Waals surface area (Å²) in [6.07, 6.45) is 5.62. The van der Waals surface area contributed by atoms with E-state index in [1.165, 1.54) is 0 Å². The van der Waals surface area contributed by atoms with E-state index in [9.17, 15) is 4.79 Å². The van der Waals surface area contributed by atoms with Crippen molar-refractivity contribution in [2.75, 3.05) is 13.1 Å². The Balaban J connectivity index is 1.58. The molecular weight excluding hydrogens is 328 g/mol. The lowest BCUT2D eigenvalue weighted by Crippen LogP contribution is -2.29. The standard InChI is InChI=1S/C19H24N6O/c1-3-10-25-17(21-15-6-5-9-20-18(15)25)14-7-11-23(13-14)19(26)16-8-12-24(4-2)22-16/h5-6,8-9,12,14H,3-4,7,10-11,13H2,1-2H3/t14-/m0/s1. The summed E-state index contributed by atoms with van der Waals surface area (Å²) in [5, 5.41) is 4.35. The Kier molecular flexibility index (Phi) is 4.44. The van der Waals surface area contributed by atoms with Crippen molar-refractivity contribution < 1.29 is 4.79 Å². The van der Waals surface area contributed by atoms with E-state index in [-0.39, 0.29) is 11.8 Å². The number of hydrogen-bond acceptors (Lipinski definition) is 4. The van der Waals surface area contributed by atoms with Crippen LogP contribution in [0.15, 0.2) is 30.6 Å². The van der Waals surface area contributed by atoms with E-state index in [0.717, 1.165) is 49.5 Å². The first-order chi connectivity index (χ1) is 12.7. The van der Waals surface area contributed by atoms with Crippen LogP contribution in [0.4, 0.5) is 0 Å². The summed E-state index contributed by atoms with van der Waals surface area (Å²) < 4.78 is 4.01. The molecule has 0 saturated carbocycles. The third-order valence-corrected chi connectivity index (χ3v) is 5.00. The van der Waals surface area contributed by atoms with E-state index in [1.54, 1.807) is 10.7 Å². The number of hydrogen-bond donors (Lipinski definition) is 0. The van der Waals surface area contributed by atoms with Gasteiger partial charge in [-0.05, 0) is 38.0 Å². The van der Waals surface area contributed by atoms with Crippen molar-refractivity contribution in [1.82, 2.24) is 29.2 Å². The van der Waals surface area contributed by atoms with Gasteiger partial charge in [0.15, 0.2) is 5.65 Å². The summed E-state index contributed by atoms with van der Waals surface area (Å²) in [7, 11) is 0. The summed E-state index contributed by atoms with van der Waals surface area (Å²) in [4.78, 5) is 24.0. The zero-order chi connectivity index (χ0) is 18.1. The van der Waals surface area contributed by atoms with Gasteiger partial charge in [-0.3, -0.25) is 9.48 Å². The second kappa shape index (κ2) is 6.90. The van der Waals surface area contributed by atoms with E-state index >= 15 is 0 Å². The number of imidazole rings is 1. The zero-order valence-corrected chi connectivity index (χ0v) is 15.3. The molecule has 4 heterocycles. The highest BCUT2D eigenvalue weighted by molar-refractivity contribution is 5.92. The Labute approximate surface area is 152 Å². The molecular formula is C19H24N6O. The molecule has 1 fully saturated rings. The number of aryl methyl sites for hydroxylation is 2. The first kappa shape index (κ1) is 16.8. The first-order valence-corrected chi connectivity index (χ1v) is 9.35. The molecule has 136 valence electrons. The topological polar surface area (TPSA) is 68.8 Å². The monoisotopic (exact) mass is 352 g/mol. The van der Waals surface area contributed by atoms with Crippen LogP contribution in [-0.2, 0) is 13.1 Å². The molecule has 0 radical (unpaired) electrons. The first-order valence-electron chi connectivity index (χ1n) is 9.35. The van der Waals surface area contributed by atoms with E-state index < -0.39 is 0 Å². The summed E-state index contributed by atoms with van der Waals surface area (Å²) in [6, 6.07) is 5.73. The molecule has 26 heavy (non-hydrogen) atoms. The molecule has 0 bridgehead atoms. The van der Waals surface area contributed by atoms with Gasteiger partial charge >= 0.3 is 0 Å². The largest absolute Gasteiger partial charge is 0.336 e. The molecule has 1 aliphatic heterocycles. The highest BCUT2D eigenvalue weighted by Gasteiger charge is 2.32. The minimum atomic E-state index is 0.0102. The number of rotatable bonds is 5. The summed E-state index contributed by atoms with van der Waals surface area (Å²) in [6.45, 7) is 7.26. The molecule has 4 rings (SSSR count). The summed E-state index contributed by atoms with van der Waals surface area (Å²) in [5.41, 5.74) is 2.40. The van der Waals surface area contributed by atoms with Crippen LogP contribution >= 0.6 is 0 Å². The van der Waals surface area contributed by atoms with Gasteiger partial charge in [0, 0.05) is 44.5 Å². The minimum absolute atomic E-state index is 0.0102. The Morgan fingerprint density at radius 1 is 1.31 bits per heavy atom.